The number of tetrazole rings is 1. The van der Waals surface area contributed by atoms with Crippen LogP contribution >= 0.6 is 0 Å². The molecular formula is C24H27F2N7. The molecule has 2 aromatic heterocycles. The van der Waals surface area contributed by atoms with Crippen LogP contribution in [0, 0.1) is 0 Å². The van der Waals surface area contributed by atoms with Gasteiger partial charge in [0, 0.05) is 18.4 Å². The number of hydrogen-bond donors (Lipinski definition) is 1. The molecule has 4 aromatic rings. The molecule has 0 radical (unpaired) electrons. The Morgan fingerprint density at radius 3 is 2.39 bits per heavy atom. The SMILES string of the molecule is CCCCC(F)(F)c1nc(CCC)n(Cc2ccc(-c3ccccc3-c3nn[nH]n3)cc2)n1. The Kier molecular flexibility index (Phi) is 6.86. The van der Waals surface area contributed by atoms with Crippen molar-refractivity contribution in [2.75, 3.05) is 0 Å². The molecule has 33 heavy (non-hydrogen) atoms. The van der Waals surface area contributed by atoms with E-state index >= 15 is 0 Å². The van der Waals surface area contributed by atoms with E-state index in [9.17, 15) is 8.78 Å². The number of hydrogen-bond acceptors (Lipinski definition) is 5. The minimum Gasteiger partial charge on any atom is -0.245 e. The van der Waals surface area contributed by atoms with Gasteiger partial charge in [-0.1, -0.05) is 68.8 Å². The highest BCUT2D eigenvalue weighted by Gasteiger charge is 2.36. The molecule has 172 valence electrons. The van der Waals surface area contributed by atoms with Gasteiger partial charge in [0.2, 0.25) is 11.6 Å². The molecule has 7 nitrogen and oxygen atoms in total. The fraction of sp³-hybridized carbons (Fsp3) is 0.375. The van der Waals surface area contributed by atoms with Gasteiger partial charge in [0.1, 0.15) is 5.82 Å². The molecule has 0 saturated carbocycles. The summed E-state index contributed by atoms with van der Waals surface area (Å²) in [6.45, 7) is 4.29. The number of aromatic amines is 1. The van der Waals surface area contributed by atoms with Gasteiger partial charge in [-0.15, -0.1) is 15.3 Å². The molecule has 0 bridgehead atoms. The number of aromatic nitrogens is 7. The van der Waals surface area contributed by atoms with Crippen molar-refractivity contribution in [1.82, 2.24) is 35.4 Å². The average Bonchev–Trinajstić information content (AvgIpc) is 3.50. The Morgan fingerprint density at radius 1 is 0.970 bits per heavy atom. The van der Waals surface area contributed by atoms with Crippen LogP contribution in [0.2, 0.25) is 0 Å². The van der Waals surface area contributed by atoms with Gasteiger partial charge in [0.15, 0.2) is 0 Å². The Morgan fingerprint density at radius 2 is 1.73 bits per heavy atom. The molecule has 0 aliphatic rings. The maximum absolute atomic E-state index is 14.6. The van der Waals surface area contributed by atoms with E-state index in [0.29, 0.717) is 37.5 Å². The van der Waals surface area contributed by atoms with Gasteiger partial charge in [0.25, 0.3) is 0 Å². The minimum atomic E-state index is -3.01. The van der Waals surface area contributed by atoms with Crippen molar-refractivity contribution in [1.29, 1.82) is 0 Å². The summed E-state index contributed by atoms with van der Waals surface area (Å²) in [5.41, 5.74) is 3.81. The third-order valence-corrected chi connectivity index (χ3v) is 5.50. The monoisotopic (exact) mass is 451 g/mol. The number of rotatable bonds is 10. The molecule has 0 amide bonds. The Bertz CT molecular complexity index is 1170. The third kappa shape index (κ3) is 5.13. The zero-order chi connectivity index (χ0) is 23.3. The number of nitrogens with one attached hydrogen (secondary N) is 1. The summed E-state index contributed by atoms with van der Waals surface area (Å²) < 4.78 is 30.7. The molecule has 2 aromatic carbocycles. The highest BCUT2D eigenvalue weighted by Crippen LogP contribution is 2.32. The lowest BCUT2D eigenvalue weighted by atomic mass is 9.98. The second-order valence-corrected chi connectivity index (χ2v) is 8.05. The van der Waals surface area contributed by atoms with Crippen molar-refractivity contribution in [2.45, 2.75) is 58.4 Å². The summed E-state index contributed by atoms with van der Waals surface area (Å²) in [6, 6.07) is 15.8. The second kappa shape index (κ2) is 9.97. The molecule has 0 fully saturated rings. The van der Waals surface area contributed by atoms with Crippen LogP contribution in [-0.4, -0.2) is 35.4 Å². The van der Waals surface area contributed by atoms with Gasteiger partial charge in [-0.05, 0) is 34.7 Å². The molecule has 0 aliphatic heterocycles. The zero-order valence-electron chi connectivity index (χ0n) is 18.8. The van der Waals surface area contributed by atoms with Gasteiger partial charge in [-0.25, -0.2) is 9.67 Å². The van der Waals surface area contributed by atoms with E-state index in [2.05, 4.69) is 30.7 Å². The highest BCUT2D eigenvalue weighted by molar-refractivity contribution is 5.80. The van der Waals surface area contributed by atoms with Crippen LogP contribution in [0.1, 0.15) is 56.7 Å². The quantitative estimate of drug-likeness (QED) is 0.349. The van der Waals surface area contributed by atoms with E-state index in [4.69, 9.17) is 0 Å². The first-order valence-corrected chi connectivity index (χ1v) is 11.3. The van der Waals surface area contributed by atoms with E-state index in [0.717, 1.165) is 28.7 Å². The molecule has 1 N–H and O–H groups in total. The average molecular weight is 452 g/mol. The smallest absolute Gasteiger partial charge is 0.245 e. The number of unbranched alkanes of at least 4 members (excludes halogenated alkanes) is 1. The minimum absolute atomic E-state index is 0.229. The van der Waals surface area contributed by atoms with Crippen molar-refractivity contribution < 1.29 is 8.78 Å². The normalized spacial score (nSPS) is 11.8. The number of alkyl halides is 2. The molecule has 0 saturated heterocycles. The summed E-state index contributed by atoms with van der Waals surface area (Å²) in [5.74, 6) is -2.26. The maximum atomic E-state index is 14.6. The van der Waals surface area contributed by atoms with E-state index in [-0.39, 0.29) is 12.2 Å². The maximum Gasteiger partial charge on any atom is 0.308 e. The largest absolute Gasteiger partial charge is 0.308 e. The van der Waals surface area contributed by atoms with E-state index in [1.165, 1.54) is 0 Å². The summed E-state index contributed by atoms with van der Waals surface area (Å²) in [7, 11) is 0. The predicted octanol–water partition coefficient (Wildman–Crippen LogP) is 5.41. The van der Waals surface area contributed by atoms with Crippen LogP contribution < -0.4 is 0 Å². The molecule has 0 atom stereocenters. The molecule has 0 aliphatic carbocycles. The first-order chi connectivity index (χ1) is 16.0. The van der Waals surface area contributed by atoms with Crippen molar-refractivity contribution in [3.05, 3.63) is 65.7 Å². The summed E-state index contributed by atoms with van der Waals surface area (Å²) >= 11 is 0. The summed E-state index contributed by atoms with van der Waals surface area (Å²) in [4.78, 5) is 4.20. The van der Waals surface area contributed by atoms with E-state index in [1.54, 1.807) is 4.68 Å². The fourth-order valence-corrected chi connectivity index (χ4v) is 3.74. The number of benzene rings is 2. The van der Waals surface area contributed by atoms with Crippen LogP contribution in [-0.2, 0) is 18.9 Å². The zero-order valence-corrected chi connectivity index (χ0v) is 18.8. The topological polar surface area (TPSA) is 85.2 Å². The summed E-state index contributed by atoms with van der Waals surface area (Å²) in [6.07, 6.45) is 2.34. The molecule has 9 heteroatoms. The predicted molar refractivity (Wildman–Crippen MR) is 122 cm³/mol. The van der Waals surface area contributed by atoms with Crippen LogP contribution in [0.25, 0.3) is 22.5 Å². The van der Waals surface area contributed by atoms with Gasteiger partial charge < -0.3 is 0 Å². The molecule has 0 unspecified atom stereocenters. The standard InChI is InChI=1S/C24H27F2N7/c1-3-5-15-24(25,26)23-27-21(8-4-2)33(30-23)16-17-11-13-18(14-12-17)19-9-6-7-10-20(19)22-28-31-32-29-22/h6-7,9-14H,3-5,8,15-16H2,1-2H3,(H,28,29,31,32). The second-order valence-electron chi connectivity index (χ2n) is 8.05. The number of nitrogens with zero attached hydrogens (tertiary/aromatic N) is 6. The van der Waals surface area contributed by atoms with Crippen LogP contribution in [0.5, 0.6) is 0 Å². The van der Waals surface area contributed by atoms with Gasteiger partial charge >= 0.3 is 5.92 Å². The Balaban J connectivity index is 1.58. The fourth-order valence-electron chi connectivity index (χ4n) is 3.74. The van der Waals surface area contributed by atoms with Crippen LogP contribution in [0.3, 0.4) is 0 Å². The van der Waals surface area contributed by atoms with Gasteiger partial charge in [-0.3, -0.25) is 0 Å². The number of H-pyrrole nitrogens is 1. The number of aryl methyl sites for hydroxylation is 1. The number of halogens is 2. The molecular weight excluding hydrogens is 424 g/mol. The molecule has 2 heterocycles. The van der Waals surface area contributed by atoms with Gasteiger partial charge in [-0.2, -0.15) is 14.0 Å². The van der Waals surface area contributed by atoms with Crippen molar-refractivity contribution in [2.24, 2.45) is 0 Å². The van der Waals surface area contributed by atoms with Crippen molar-refractivity contribution in [3.63, 3.8) is 0 Å². The first-order valence-electron chi connectivity index (χ1n) is 11.3. The third-order valence-electron chi connectivity index (χ3n) is 5.50. The van der Waals surface area contributed by atoms with Crippen LogP contribution in [0.15, 0.2) is 48.5 Å². The van der Waals surface area contributed by atoms with Gasteiger partial charge in [0.05, 0.1) is 6.54 Å². The highest BCUT2D eigenvalue weighted by atomic mass is 19.3. The first kappa shape index (κ1) is 22.7. The van der Waals surface area contributed by atoms with E-state index < -0.39 is 5.92 Å². The molecule has 4 rings (SSSR count). The Hall–Kier alpha value is -3.49. The summed E-state index contributed by atoms with van der Waals surface area (Å²) in [5, 5.41) is 18.5. The lowest BCUT2D eigenvalue weighted by molar-refractivity contribution is -0.0245. The van der Waals surface area contributed by atoms with Crippen LogP contribution in [0.4, 0.5) is 8.78 Å². The molecule has 0 spiro atoms. The lowest BCUT2D eigenvalue weighted by Crippen LogP contribution is -2.16. The lowest BCUT2D eigenvalue weighted by Gasteiger charge is -2.11. The van der Waals surface area contributed by atoms with Crippen molar-refractivity contribution >= 4 is 0 Å². The van der Waals surface area contributed by atoms with Crippen molar-refractivity contribution in [3.8, 4) is 22.5 Å². The Labute approximate surface area is 191 Å². The van der Waals surface area contributed by atoms with E-state index in [1.807, 2.05) is 62.4 Å².